The van der Waals surface area contributed by atoms with Crippen LogP contribution in [0.5, 0.6) is 5.75 Å². The third kappa shape index (κ3) is 5.03. The van der Waals surface area contributed by atoms with E-state index in [0.29, 0.717) is 0 Å². The largest absolute Gasteiger partial charge is 0.493 e. The van der Waals surface area contributed by atoms with Crippen LogP contribution in [0.3, 0.4) is 0 Å². The van der Waals surface area contributed by atoms with Gasteiger partial charge in [0, 0.05) is 18.0 Å². The van der Waals surface area contributed by atoms with Gasteiger partial charge in [-0.15, -0.1) is 0 Å². The lowest BCUT2D eigenvalue weighted by Crippen LogP contribution is -2.35. The number of benzene rings is 1. The van der Waals surface area contributed by atoms with Crippen LogP contribution in [0.15, 0.2) is 18.2 Å². The van der Waals surface area contributed by atoms with Gasteiger partial charge < -0.3 is 10.1 Å². The molecule has 2 heteroatoms. The van der Waals surface area contributed by atoms with E-state index in [1.807, 2.05) is 0 Å². The molecule has 0 amide bonds. The predicted molar refractivity (Wildman–Crippen MR) is 90.2 cm³/mol. The van der Waals surface area contributed by atoms with E-state index in [1.54, 1.807) is 0 Å². The van der Waals surface area contributed by atoms with E-state index in [1.165, 1.54) is 24.0 Å². The molecule has 1 fully saturated rings. The highest BCUT2D eigenvalue weighted by Gasteiger charge is 2.26. The molecule has 0 aliphatic heterocycles. The van der Waals surface area contributed by atoms with Crippen molar-refractivity contribution in [3.05, 3.63) is 29.3 Å². The van der Waals surface area contributed by atoms with Crippen LogP contribution in [0.1, 0.15) is 58.6 Å². The van der Waals surface area contributed by atoms with E-state index >= 15 is 0 Å². The maximum Gasteiger partial charge on any atom is 0.123 e. The highest BCUT2D eigenvalue weighted by atomic mass is 16.5. The van der Waals surface area contributed by atoms with Gasteiger partial charge in [-0.1, -0.05) is 46.8 Å². The molecule has 1 aliphatic carbocycles. The van der Waals surface area contributed by atoms with E-state index in [0.717, 1.165) is 24.9 Å². The second-order valence-corrected chi connectivity index (χ2v) is 8.36. The van der Waals surface area contributed by atoms with Crippen molar-refractivity contribution in [3.63, 3.8) is 0 Å². The van der Waals surface area contributed by atoms with Gasteiger partial charge in [0.25, 0.3) is 0 Å². The average molecular weight is 289 g/mol. The van der Waals surface area contributed by atoms with Crippen LogP contribution in [0.4, 0.5) is 0 Å². The van der Waals surface area contributed by atoms with Crippen LogP contribution in [0.2, 0.25) is 0 Å². The van der Waals surface area contributed by atoms with Crippen LogP contribution >= 0.6 is 0 Å². The molecule has 0 atom stereocenters. The third-order valence-electron chi connectivity index (χ3n) is 4.01. The van der Waals surface area contributed by atoms with Gasteiger partial charge in [-0.25, -0.2) is 0 Å². The number of nitrogens with one attached hydrogen (secondary N) is 1. The predicted octanol–water partition coefficient (Wildman–Crippen LogP) is 4.45. The van der Waals surface area contributed by atoms with Crippen molar-refractivity contribution in [2.75, 3.05) is 13.2 Å². The van der Waals surface area contributed by atoms with Gasteiger partial charge in [0.05, 0.1) is 6.61 Å². The highest BCUT2D eigenvalue weighted by Crippen LogP contribution is 2.33. The van der Waals surface area contributed by atoms with Gasteiger partial charge in [-0.3, -0.25) is 0 Å². The Balaban J connectivity index is 2.02. The van der Waals surface area contributed by atoms with Crippen LogP contribution < -0.4 is 10.1 Å². The number of rotatable bonds is 6. The van der Waals surface area contributed by atoms with Crippen molar-refractivity contribution in [2.24, 2.45) is 5.41 Å². The van der Waals surface area contributed by atoms with Crippen LogP contribution in [0, 0.1) is 12.3 Å². The summed E-state index contributed by atoms with van der Waals surface area (Å²) in [6, 6.07) is 7.31. The fraction of sp³-hybridized carbons (Fsp3) is 0.684. The Hall–Kier alpha value is -1.02. The Morgan fingerprint density at radius 2 is 1.81 bits per heavy atom. The lowest BCUT2D eigenvalue weighted by molar-refractivity contribution is 0.173. The van der Waals surface area contributed by atoms with E-state index in [2.05, 4.69) is 65.1 Å². The molecule has 2 nitrogen and oxygen atoms in total. The first-order valence-electron chi connectivity index (χ1n) is 8.15. The lowest BCUT2D eigenvalue weighted by Gasteiger charge is -2.28. The SMILES string of the molecule is Cc1ccc(C(C)(C)C)c(OCC(C)(C)CNC2CC2)c1. The lowest BCUT2D eigenvalue weighted by atomic mass is 9.85. The first-order valence-corrected chi connectivity index (χ1v) is 8.15. The Morgan fingerprint density at radius 1 is 1.14 bits per heavy atom. The molecule has 21 heavy (non-hydrogen) atoms. The summed E-state index contributed by atoms with van der Waals surface area (Å²) in [7, 11) is 0. The quantitative estimate of drug-likeness (QED) is 0.835. The van der Waals surface area contributed by atoms with Crippen molar-refractivity contribution in [2.45, 2.75) is 65.8 Å². The van der Waals surface area contributed by atoms with Crippen molar-refractivity contribution in [3.8, 4) is 5.75 Å². The van der Waals surface area contributed by atoms with E-state index in [9.17, 15) is 0 Å². The van der Waals surface area contributed by atoms with Crippen molar-refractivity contribution < 1.29 is 4.74 Å². The summed E-state index contributed by atoms with van der Waals surface area (Å²) in [4.78, 5) is 0. The maximum atomic E-state index is 6.22. The van der Waals surface area contributed by atoms with Gasteiger partial charge in [0.15, 0.2) is 0 Å². The van der Waals surface area contributed by atoms with E-state index < -0.39 is 0 Å². The van der Waals surface area contributed by atoms with Crippen molar-refractivity contribution >= 4 is 0 Å². The van der Waals surface area contributed by atoms with Gasteiger partial charge in [-0.05, 0) is 42.4 Å². The van der Waals surface area contributed by atoms with E-state index in [4.69, 9.17) is 4.74 Å². The Labute approximate surface area is 130 Å². The fourth-order valence-corrected chi connectivity index (χ4v) is 2.40. The average Bonchev–Trinajstić information content (AvgIpc) is 3.17. The number of hydrogen-bond donors (Lipinski definition) is 1. The zero-order valence-electron chi connectivity index (χ0n) is 14.5. The molecule has 0 bridgehead atoms. The van der Waals surface area contributed by atoms with Gasteiger partial charge in [-0.2, -0.15) is 0 Å². The fourth-order valence-electron chi connectivity index (χ4n) is 2.40. The topological polar surface area (TPSA) is 21.3 Å². The summed E-state index contributed by atoms with van der Waals surface area (Å²) >= 11 is 0. The minimum Gasteiger partial charge on any atom is -0.493 e. The molecule has 2 rings (SSSR count). The van der Waals surface area contributed by atoms with Gasteiger partial charge >= 0.3 is 0 Å². The summed E-state index contributed by atoms with van der Waals surface area (Å²) in [6.07, 6.45) is 2.67. The van der Waals surface area contributed by atoms with E-state index in [-0.39, 0.29) is 10.8 Å². The zero-order valence-corrected chi connectivity index (χ0v) is 14.5. The van der Waals surface area contributed by atoms with Gasteiger partial charge in [0.2, 0.25) is 0 Å². The van der Waals surface area contributed by atoms with Gasteiger partial charge in [0.1, 0.15) is 5.75 Å². The molecule has 0 saturated heterocycles. The first kappa shape index (κ1) is 16.4. The molecule has 1 N–H and O–H groups in total. The second kappa shape index (κ2) is 6.00. The van der Waals surface area contributed by atoms with Crippen LogP contribution in [-0.2, 0) is 5.41 Å². The zero-order chi connectivity index (χ0) is 15.7. The van der Waals surface area contributed by atoms with Crippen LogP contribution in [0.25, 0.3) is 0 Å². The third-order valence-corrected chi connectivity index (χ3v) is 4.01. The highest BCUT2D eigenvalue weighted by molar-refractivity contribution is 5.41. The van der Waals surface area contributed by atoms with Crippen LogP contribution in [-0.4, -0.2) is 19.2 Å². The molecule has 0 heterocycles. The Morgan fingerprint density at radius 3 is 2.38 bits per heavy atom. The summed E-state index contributed by atoms with van der Waals surface area (Å²) in [5.41, 5.74) is 2.81. The molecule has 0 aromatic heterocycles. The molecule has 1 aromatic carbocycles. The normalized spacial score (nSPS) is 16.1. The minimum atomic E-state index is 0.111. The molecule has 1 aromatic rings. The summed E-state index contributed by atoms with van der Waals surface area (Å²) in [5.74, 6) is 1.04. The van der Waals surface area contributed by atoms with Crippen molar-refractivity contribution in [1.29, 1.82) is 0 Å². The molecular formula is C19H31NO. The monoisotopic (exact) mass is 289 g/mol. The maximum absolute atomic E-state index is 6.22. The standard InChI is InChI=1S/C19H31NO/c1-14-7-10-16(18(2,3)4)17(11-14)21-13-19(5,6)12-20-15-8-9-15/h7,10-11,15,20H,8-9,12-13H2,1-6H3. The van der Waals surface area contributed by atoms with Crippen molar-refractivity contribution in [1.82, 2.24) is 5.32 Å². The molecule has 1 saturated carbocycles. The number of aryl methyl sites for hydroxylation is 1. The summed E-state index contributed by atoms with van der Waals surface area (Å²) in [5, 5.41) is 3.61. The molecule has 0 spiro atoms. The minimum absolute atomic E-state index is 0.111. The Kier molecular flexibility index (Phi) is 4.67. The smallest absolute Gasteiger partial charge is 0.123 e. The molecule has 118 valence electrons. The second-order valence-electron chi connectivity index (χ2n) is 8.36. The number of ether oxygens (including phenoxy) is 1. The molecule has 0 radical (unpaired) electrons. The summed E-state index contributed by atoms with van der Waals surface area (Å²) < 4.78 is 6.22. The Bertz CT molecular complexity index is 481. The molecular weight excluding hydrogens is 258 g/mol. The number of hydrogen-bond acceptors (Lipinski definition) is 2. The summed E-state index contributed by atoms with van der Waals surface area (Å²) in [6.45, 7) is 15.2. The molecule has 0 unspecified atom stereocenters. The molecule has 1 aliphatic rings. The first-order chi connectivity index (χ1) is 9.67.